The first-order valence-corrected chi connectivity index (χ1v) is 6.95. The summed E-state index contributed by atoms with van der Waals surface area (Å²) in [4.78, 5) is 11.8. The highest BCUT2D eigenvalue weighted by Gasteiger charge is 2.06. The molecular formula is C16H16ClFN2O. The number of hydrogen-bond donors (Lipinski definition) is 2. The van der Waals surface area contributed by atoms with E-state index in [0.29, 0.717) is 10.6 Å². The number of hydrogen-bond acceptors (Lipinski definition) is 2. The molecule has 2 aromatic rings. The highest BCUT2D eigenvalue weighted by atomic mass is 35.5. The smallest absolute Gasteiger partial charge is 0.239 e. The average molecular weight is 307 g/mol. The Balaban J connectivity index is 1.85. The quantitative estimate of drug-likeness (QED) is 0.887. The Bertz CT molecular complexity index is 646. The lowest BCUT2D eigenvalue weighted by Crippen LogP contribution is -2.29. The van der Waals surface area contributed by atoms with E-state index in [1.165, 1.54) is 6.07 Å². The normalized spacial score (nSPS) is 10.2. The number of carbonyl (C=O) groups is 1. The molecule has 0 aliphatic rings. The maximum Gasteiger partial charge on any atom is 0.239 e. The third kappa shape index (κ3) is 4.20. The Morgan fingerprint density at radius 3 is 2.71 bits per heavy atom. The summed E-state index contributed by atoms with van der Waals surface area (Å²) < 4.78 is 13.4. The van der Waals surface area contributed by atoms with Crippen molar-refractivity contribution in [3.05, 3.63) is 64.4 Å². The molecule has 0 saturated carbocycles. The molecule has 5 heteroatoms. The van der Waals surface area contributed by atoms with Crippen molar-refractivity contribution in [1.82, 2.24) is 5.32 Å². The second kappa shape index (κ2) is 7.09. The van der Waals surface area contributed by atoms with Crippen molar-refractivity contribution in [3.63, 3.8) is 0 Å². The molecule has 0 fully saturated rings. The highest BCUT2D eigenvalue weighted by Crippen LogP contribution is 2.22. The summed E-state index contributed by atoms with van der Waals surface area (Å²) >= 11 is 6.01. The average Bonchev–Trinajstić information content (AvgIpc) is 2.48. The maximum atomic E-state index is 13.4. The minimum absolute atomic E-state index is 0.107. The van der Waals surface area contributed by atoms with Crippen molar-refractivity contribution in [1.29, 1.82) is 0 Å². The van der Waals surface area contributed by atoms with E-state index in [2.05, 4.69) is 10.6 Å². The molecule has 0 aromatic heterocycles. The van der Waals surface area contributed by atoms with Crippen LogP contribution in [-0.2, 0) is 11.3 Å². The number of anilines is 1. The number of rotatable bonds is 5. The van der Waals surface area contributed by atoms with Gasteiger partial charge in [0.25, 0.3) is 0 Å². The Labute approximate surface area is 128 Å². The first-order valence-electron chi connectivity index (χ1n) is 6.57. The van der Waals surface area contributed by atoms with Gasteiger partial charge in [-0.1, -0.05) is 35.9 Å². The lowest BCUT2D eigenvalue weighted by Gasteiger charge is -2.11. The van der Waals surface area contributed by atoms with Crippen molar-refractivity contribution in [2.24, 2.45) is 0 Å². The van der Waals surface area contributed by atoms with Gasteiger partial charge in [0, 0.05) is 22.8 Å². The largest absolute Gasteiger partial charge is 0.376 e. The lowest BCUT2D eigenvalue weighted by atomic mass is 10.2. The SMILES string of the molecule is Cc1c(Cl)cccc1NCC(=O)NCc1ccccc1F. The van der Waals surface area contributed by atoms with E-state index in [1.807, 2.05) is 19.1 Å². The van der Waals surface area contributed by atoms with Gasteiger partial charge in [-0.15, -0.1) is 0 Å². The number of benzene rings is 2. The molecule has 3 nitrogen and oxygen atoms in total. The van der Waals surface area contributed by atoms with Crippen LogP contribution < -0.4 is 10.6 Å². The van der Waals surface area contributed by atoms with Crippen LogP contribution in [0.25, 0.3) is 0 Å². The summed E-state index contributed by atoms with van der Waals surface area (Å²) in [6, 6.07) is 11.8. The zero-order valence-electron chi connectivity index (χ0n) is 11.6. The van der Waals surface area contributed by atoms with Gasteiger partial charge in [-0.2, -0.15) is 0 Å². The number of amides is 1. The molecule has 0 radical (unpaired) electrons. The van der Waals surface area contributed by atoms with Gasteiger partial charge in [-0.25, -0.2) is 4.39 Å². The van der Waals surface area contributed by atoms with Crippen LogP contribution in [0.5, 0.6) is 0 Å². The summed E-state index contributed by atoms with van der Waals surface area (Å²) in [5.74, 6) is -0.533. The van der Waals surface area contributed by atoms with Gasteiger partial charge in [0.2, 0.25) is 5.91 Å². The summed E-state index contributed by atoms with van der Waals surface area (Å²) in [5, 5.41) is 6.33. The monoisotopic (exact) mass is 306 g/mol. The molecule has 0 unspecified atom stereocenters. The fraction of sp³-hybridized carbons (Fsp3) is 0.188. The molecule has 0 heterocycles. The van der Waals surface area contributed by atoms with Crippen LogP contribution in [0.15, 0.2) is 42.5 Å². The van der Waals surface area contributed by atoms with Crippen molar-refractivity contribution in [2.75, 3.05) is 11.9 Å². The second-order valence-electron chi connectivity index (χ2n) is 4.63. The van der Waals surface area contributed by atoms with E-state index in [9.17, 15) is 9.18 Å². The Hall–Kier alpha value is -2.07. The first-order chi connectivity index (χ1) is 10.1. The van der Waals surface area contributed by atoms with Gasteiger partial charge in [0.15, 0.2) is 0 Å². The van der Waals surface area contributed by atoms with Gasteiger partial charge >= 0.3 is 0 Å². The van der Waals surface area contributed by atoms with Crippen molar-refractivity contribution in [2.45, 2.75) is 13.5 Å². The molecule has 0 spiro atoms. The lowest BCUT2D eigenvalue weighted by molar-refractivity contribution is -0.119. The van der Waals surface area contributed by atoms with E-state index in [-0.39, 0.29) is 24.8 Å². The fourth-order valence-corrected chi connectivity index (χ4v) is 2.05. The standard InChI is InChI=1S/C16H16ClFN2O/c1-11-13(17)6-4-8-15(11)19-10-16(21)20-9-12-5-2-3-7-14(12)18/h2-8,19H,9-10H2,1H3,(H,20,21). The topological polar surface area (TPSA) is 41.1 Å². The minimum Gasteiger partial charge on any atom is -0.376 e. The molecule has 0 aliphatic heterocycles. The molecule has 2 N–H and O–H groups in total. The third-order valence-electron chi connectivity index (χ3n) is 3.14. The van der Waals surface area contributed by atoms with E-state index < -0.39 is 0 Å². The molecule has 21 heavy (non-hydrogen) atoms. The summed E-state index contributed by atoms with van der Waals surface area (Å²) in [6.07, 6.45) is 0. The maximum absolute atomic E-state index is 13.4. The van der Waals surface area contributed by atoms with E-state index in [0.717, 1.165) is 11.3 Å². The Morgan fingerprint density at radius 1 is 1.19 bits per heavy atom. The van der Waals surface area contributed by atoms with Crippen molar-refractivity contribution < 1.29 is 9.18 Å². The van der Waals surface area contributed by atoms with Crippen molar-refractivity contribution in [3.8, 4) is 0 Å². The van der Waals surface area contributed by atoms with Crippen LogP contribution in [0.1, 0.15) is 11.1 Å². The Morgan fingerprint density at radius 2 is 1.95 bits per heavy atom. The summed E-state index contributed by atoms with van der Waals surface area (Å²) in [7, 11) is 0. The van der Waals surface area contributed by atoms with E-state index in [4.69, 9.17) is 11.6 Å². The molecular weight excluding hydrogens is 291 g/mol. The van der Waals surface area contributed by atoms with Gasteiger partial charge in [-0.3, -0.25) is 4.79 Å². The van der Waals surface area contributed by atoms with Crippen LogP contribution in [0.4, 0.5) is 10.1 Å². The first kappa shape index (κ1) is 15.3. The molecule has 110 valence electrons. The third-order valence-corrected chi connectivity index (χ3v) is 3.55. The number of carbonyl (C=O) groups excluding carboxylic acids is 1. The molecule has 2 aromatic carbocycles. The number of nitrogens with one attached hydrogen (secondary N) is 2. The van der Waals surface area contributed by atoms with Gasteiger partial charge < -0.3 is 10.6 Å². The molecule has 0 bridgehead atoms. The van der Waals surface area contributed by atoms with E-state index in [1.54, 1.807) is 24.3 Å². The molecule has 0 saturated heterocycles. The van der Waals surface area contributed by atoms with Gasteiger partial charge in [0.05, 0.1) is 6.54 Å². The van der Waals surface area contributed by atoms with Gasteiger partial charge in [0.1, 0.15) is 5.82 Å². The Kier molecular flexibility index (Phi) is 5.17. The summed E-state index contributed by atoms with van der Waals surface area (Å²) in [6.45, 7) is 2.15. The number of halogens is 2. The zero-order valence-corrected chi connectivity index (χ0v) is 12.4. The zero-order chi connectivity index (χ0) is 15.2. The molecule has 0 atom stereocenters. The van der Waals surface area contributed by atoms with Gasteiger partial charge in [-0.05, 0) is 30.7 Å². The minimum atomic E-state index is -0.323. The van der Waals surface area contributed by atoms with Crippen LogP contribution in [-0.4, -0.2) is 12.5 Å². The molecule has 0 aliphatic carbocycles. The van der Waals surface area contributed by atoms with E-state index >= 15 is 0 Å². The van der Waals surface area contributed by atoms with Crippen LogP contribution in [0, 0.1) is 12.7 Å². The second-order valence-corrected chi connectivity index (χ2v) is 5.04. The molecule has 2 rings (SSSR count). The molecule has 1 amide bonds. The van der Waals surface area contributed by atoms with Crippen LogP contribution in [0.3, 0.4) is 0 Å². The fourth-order valence-electron chi connectivity index (χ4n) is 1.87. The predicted octanol–water partition coefficient (Wildman–Crippen LogP) is 3.52. The van der Waals surface area contributed by atoms with Crippen LogP contribution >= 0.6 is 11.6 Å². The highest BCUT2D eigenvalue weighted by molar-refractivity contribution is 6.31. The van der Waals surface area contributed by atoms with Crippen molar-refractivity contribution >= 4 is 23.2 Å². The predicted molar refractivity (Wildman–Crippen MR) is 82.9 cm³/mol. The van der Waals surface area contributed by atoms with Crippen LogP contribution in [0.2, 0.25) is 5.02 Å². The summed E-state index contributed by atoms with van der Waals surface area (Å²) in [5.41, 5.74) is 2.16.